The fourth-order valence-corrected chi connectivity index (χ4v) is 3.76. The number of aryl methyl sites for hydroxylation is 1. The summed E-state index contributed by atoms with van der Waals surface area (Å²) >= 11 is 0. The second kappa shape index (κ2) is 6.52. The number of fused-ring (bicyclic) bond motifs is 1. The highest BCUT2D eigenvalue weighted by molar-refractivity contribution is 6.16. The van der Waals surface area contributed by atoms with Crippen molar-refractivity contribution >= 4 is 11.5 Å². The van der Waals surface area contributed by atoms with Gasteiger partial charge in [-0.1, -0.05) is 0 Å². The van der Waals surface area contributed by atoms with Crippen LogP contribution in [-0.4, -0.2) is 38.9 Å². The van der Waals surface area contributed by atoms with Crippen molar-refractivity contribution in [1.29, 1.82) is 0 Å². The molecule has 6 nitrogen and oxygen atoms in total. The summed E-state index contributed by atoms with van der Waals surface area (Å²) in [5.74, 6) is 0.899. The summed E-state index contributed by atoms with van der Waals surface area (Å²) in [7, 11) is 0. The smallest absolute Gasteiger partial charge is 0.136 e. The highest BCUT2D eigenvalue weighted by Gasteiger charge is 2.28. The van der Waals surface area contributed by atoms with Gasteiger partial charge in [0.05, 0.1) is 30.2 Å². The monoisotopic (exact) mass is 337 g/mol. The minimum atomic E-state index is 0.260. The lowest BCUT2D eigenvalue weighted by Crippen LogP contribution is -2.37. The molecule has 130 valence electrons. The van der Waals surface area contributed by atoms with Crippen LogP contribution in [0.5, 0.6) is 0 Å². The largest absolute Gasteiger partial charge is 0.375 e. The van der Waals surface area contributed by atoms with Gasteiger partial charge in [0.15, 0.2) is 0 Å². The van der Waals surface area contributed by atoms with Crippen LogP contribution in [0.1, 0.15) is 49.2 Å². The first-order chi connectivity index (χ1) is 12.1. The van der Waals surface area contributed by atoms with E-state index in [-0.39, 0.29) is 12.2 Å². The van der Waals surface area contributed by atoms with Crippen LogP contribution in [0.3, 0.4) is 0 Å². The van der Waals surface area contributed by atoms with E-state index in [2.05, 4.69) is 34.1 Å². The van der Waals surface area contributed by atoms with E-state index in [1.54, 1.807) is 6.33 Å². The van der Waals surface area contributed by atoms with Gasteiger partial charge in [-0.2, -0.15) is 0 Å². The summed E-state index contributed by atoms with van der Waals surface area (Å²) in [6.45, 7) is 6.90. The molecular formula is C19H23N5O. The van der Waals surface area contributed by atoms with Crippen molar-refractivity contribution in [2.45, 2.75) is 58.4 Å². The predicted octanol–water partition coefficient (Wildman–Crippen LogP) is 2.90. The Hall–Kier alpha value is -2.34. The maximum absolute atomic E-state index is 5.85. The molecule has 1 saturated heterocycles. The number of pyridine rings is 1. The van der Waals surface area contributed by atoms with Crippen LogP contribution in [0.4, 0.5) is 5.82 Å². The number of hydrogen-bond acceptors (Lipinski definition) is 6. The quantitative estimate of drug-likeness (QED) is 0.932. The molecule has 2 aromatic rings. The zero-order valence-electron chi connectivity index (χ0n) is 14.9. The van der Waals surface area contributed by atoms with Gasteiger partial charge in [0, 0.05) is 23.5 Å². The lowest BCUT2D eigenvalue weighted by molar-refractivity contribution is -0.0338. The van der Waals surface area contributed by atoms with Gasteiger partial charge in [-0.05, 0) is 51.3 Å². The molecule has 6 heteroatoms. The van der Waals surface area contributed by atoms with Crippen molar-refractivity contribution in [3.8, 4) is 0 Å². The molecule has 0 aliphatic carbocycles. The first-order valence-electron chi connectivity index (χ1n) is 8.84. The maximum Gasteiger partial charge on any atom is 0.136 e. The average Bonchev–Trinajstić information content (AvgIpc) is 2.99. The number of rotatable bonds is 3. The summed E-state index contributed by atoms with van der Waals surface area (Å²) in [6, 6.07) is 4.37. The van der Waals surface area contributed by atoms with Crippen molar-refractivity contribution in [2.75, 3.05) is 5.32 Å². The summed E-state index contributed by atoms with van der Waals surface area (Å²) in [6.07, 6.45) is 5.93. The number of aromatic nitrogens is 3. The van der Waals surface area contributed by atoms with Crippen molar-refractivity contribution < 1.29 is 4.74 Å². The molecule has 3 atom stereocenters. The van der Waals surface area contributed by atoms with E-state index >= 15 is 0 Å². The van der Waals surface area contributed by atoms with E-state index in [9.17, 15) is 0 Å². The van der Waals surface area contributed by atoms with Crippen LogP contribution < -0.4 is 5.32 Å². The van der Waals surface area contributed by atoms with Gasteiger partial charge in [0.1, 0.15) is 12.1 Å². The highest BCUT2D eigenvalue weighted by Crippen LogP contribution is 2.30. The molecule has 4 rings (SSSR count). The molecule has 25 heavy (non-hydrogen) atoms. The molecule has 1 N–H and O–H groups in total. The molecule has 2 aromatic heterocycles. The van der Waals surface area contributed by atoms with Crippen LogP contribution >= 0.6 is 0 Å². The molecule has 2 aliphatic rings. The van der Waals surface area contributed by atoms with Crippen molar-refractivity contribution in [3.05, 3.63) is 47.2 Å². The topological polar surface area (TPSA) is 72.3 Å². The molecule has 0 radical (unpaired) electrons. The van der Waals surface area contributed by atoms with Crippen LogP contribution in [0.2, 0.25) is 0 Å². The molecule has 1 unspecified atom stereocenters. The minimum absolute atomic E-state index is 0.260. The van der Waals surface area contributed by atoms with Crippen LogP contribution in [0.15, 0.2) is 29.6 Å². The molecule has 2 aliphatic heterocycles. The molecule has 1 fully saturated rings. The number of nitrogens with zero attached hydrogens (tertiary/aromatic N) is 4. The summed E-state index contributed by atoms with van der Waals surface area (Å²) in [5, 5.41) is 3.64. The van der Waals surface area contributed by atoms with E-state index in [0.717, 1.165) is 41.3 Å². The predicted molar refractivity (Wildman–Crippen MR) is 97.0 cm³/mol. The number of anilines is 1. The van der Waals surface area contributed by atoms with E-state index in [0.29, 0.717) is 12.6 Å². The maximum atomic E-state index is 5.85. The number of aliphatic imine (C=N–C) groups is 1. The van der Waals surface area contributed by atoms with Gasteiger partial charge < -0.3 is 10.1 Å². The Morgan fingerprint density at radius 3 is 2.68 bits per heavy atom. The third-order valence-corrected chi connectivity index (χ3v) is 4.77. The molecular weight excluding hydrogens is 314 g/mol. The highest BCUT2D eigenvalue weighted by atomic mass is 16.5. The Morgan fingerprint density at radius 1 is 1.12 bits per heavy atom. The van der Waals surface area contributed by atoms with Crippen LogP contribution in [0.25, 0.3) is 0 Å². The summed E-state index contributed by atoms with van der Waals surface area (Å²) in [5.41, 5.74) is 4.97. The lowest BCUT2D eigenvalue weighted by Gasteiger charge is -2.33. The Balaban J connectivity index is 1.66. The van der Waals surface area contributed by atoms with Crippen LogP contribution in [0, 0.1) is 6.92 Å². The molecule has 0 amide bonds. The molecule has 0 aromatic carbocycles. The van der Waals surface area contributed by atoms with Gasteiger partial charge in [-0.15, -0.1) is 0 Å². The molecule has 0 spiro atoms. The van der Waals surface area contributed by atoms with Gasteiger partial charge in [0.2, 0.25) is 0 Å². The second-order valence-electron chi connectivity index (χ2n) is 6.97. The fourth-order valence-electron chi connectivity index (χ4n) is 3.76. The zero-order valence-corrected chi connectivity index (χ0v) is 14.9. The van der Waals surface area contributed by atoms with Gasteiger partial charge in [-0.3, -0.25) is 4.99 Å². The molecule has 0 bridgehead atoms. The zero-order chi connectivity index (χ0) is 17.4. The normalized spacial score (nSPS) is 25.4. The first kappa shape index (κ1) is 16.1. The number of ether oxygens (including phenoxy) is 1. The molecule has 4 heterocycles. The van der Waals surface area contributed by atoms with E-state index < -0.39 is 0 Å². The van der Waals surface area contributed by atoms with Gasteiger partial charge >= 0.3 is 0 Å². The lowest BCUT2D eigenvalue weighted by atomic mass is 9.98. The SMILES string of the molecule is Cc1cc(C2=NCc3ccnc(NC4C[C@@H](C)O[C@@H](C)C4)c32)ncn1. The van der Waals surface area contributed by atoms with Gasteiger partial charge in [0.25, 0.3) is 0 Å². The van der Waals surface area contributed by atoms with Crippen molar-refractivity contribution in [2.24, 2.45) is 4.99 Å². The Labute approximate surface area is 147 Å². The van der Waals surface area contributed by atoms with E-state index in [1.807, 2.05) is 25.3 Å². The number of hydrogen-bond donors (Lipinski definition) is 1. The average molecular weight is 337 g/mol. The minimum Gasteiger partial charge on any atom is -0.375 e. The third-order valence-electron chi connectivity index (χ3n) is 4.77. The Kier molecular flexibility index (Phi) is 4.21. The Bertz CT molecular complexity index is 809. The fraction of sp³-hybridized carbons (Fsp3) is 0.474. The second-order valence-corrected chi connectivity index (χ2v) is 6.97. The third kappa shape index (κ3) is 3.26. The first-order valence-corrected chi connectivity index (χ1v) is 8.84. The van der Waals surface area contributed by atoms with E-state index in [1.165, 1.54) is 5.56 Å². The van der Waals surface area contributed by atoms with E-state index in [4.69, 9.17) is 9.73 Å². The summed E-state index contributed by atoms with van der Waals surface area (Å²) in [4.78, 5) is 17.9. The number of nitrogens with one attached hydrogen (secondary N) is 1. The van der Waals surface area contributed by atoms with Crippen molar-refractivity contribution in [1.82, 2.24) is 15.0 Å². The Morgan fingerprint density at radius 2 is 1.92 bits per heavy atom. The van der Waals surface area contributed by atoms with Crippen LogP contribution in [-0.2, 0) is 11.3 Å². The molecule has 0 saturated carbocycles. The summed E-state index contributed by atoms with van der Waals surface area (Å²) < 4.78 is 5.85. The standard InChI is InChI=1S/C19H23N5O/c1-11-6-16(23-10-22-11)18-17-14(9-21-18)4-5-20-19(17)24-15-7-12(2)25-13(3)8-15/h4-6,10,12-13,15H,7-9H2,1-3H3,(H,20,24)/t12-,13+,15?. The van der Waals surface area contributed by atoms with Gasteiger partial charge in [-0.25, -0.2) is 15.0 Å². The van der Waals surface area contributed by atoms with Crippen molar-refractivity contribution in [3.63, 3.8) is 0 Å².